The summed E-state index contributed by atoms with van der Waals surface area (Å²) < 4.78 is 36.5. The number of nitrogens with one attached hydrogen (secondary N) is 1. The van der Waals surface area contributed by atoms with Crippen molar-refractivity contribution in [2.45, 2.75) is 20.0 Å². The van der Waals surface area contributed by atoms with Crippen molar-refractivity contribution in [3.05, 3.63) is 48.5 Å². The van der Waals surface area contributed by atoms with Crippen molar-refractivity contribution < 1.29 is 22.7 Å². The first-order valence-corrected chi connectivity index (χ1v) is 12.3. The van der Waals surface area contributed by atoms with Gasteiger partial charge in [-0.3, -0.25) is 14.4 Å². The van der Waals surface area contributed by atoms with E-state index in [0.29, 0.717) is 16.4 Å². The number of methoxy groups -OCH3 is 1. The molecular weight excluding hydrogens is 452 g/mol. The molecule has 0 atom stereocenters. The van der Waals surface area contributed by atoms with Crippen LogP contribution in [0.5, 0.6) is 11.5 Å². The fourth-order valence-corrected chi connectivity index (χ4v) is 4.41. The summed E-state index contributed by atoms with van der Waals surface area (Å²) in [5, 5.41) is 11.6. The van der Waals surface area contributed by atoms with Gasteiger partial charge in [0.25, 0.3) is 0 Å². The number of sulfonamides is 1. The summed E-state index contributed by atoms with van der Waals surface area (Å²) in [6.07, 6.45) is 0.973. The molecule has 0 saturated carbocycles. The lowest BCUT2D eigenvalue weighted by Crippen LogP contribution is -2.37. The third kappa shape index (κ3) is 6.17. The minimum absolute atomic E-state index is 0.0717. The van der Waals surface area contributed by atoms with Gasteiger partial charge in [0.15, 0.2) is 0 Å². The van der Waals surface area contributed by atoms with E-state index in [1.807, 2.05) is 26.0 Å². The second-order valence-electron chi connectivity index (χ2n) is 7.12. The zero-order chi connectivity index (χ0) is 23.3. The summed E-state index contributed by atoms with van der Waals surface area (Å²) >= 11 is 1.18. The van der Waals surface area contributed by atoms with Gasteiger partial charge in [-0.2, -0.15) is 0 Å². The van der Waals surface area contributed by atoms with Crippen LogP contribution in [0.25, 0.3) is 10.6 Å². The molecule has 0 unspecified atom stereocenters. The highest BCUT2D eigenvalue weighted by molar-refractivity contribution is 7.92. The smallest absolute Gasteiger partial charge is 0.246 e. The molecule has 1 N–H and O–H groups in total. The van der Waals surface area contributed by atoms with Gasteiger partial charge >= 0.3 is 0 Å². The van der Waals surface area contributed by atoms with Crippen molar-refractivity contribution in [1.29, 1.82) is 0 Å². The molecule has 3 rings (SSSR count). The van der Waals surface area contributed by atoms with Gasteiger partial charge in [0.1, 0.15) is 23.1 Å². The van der Waals surface area contributed by atoms with Crippen LogP contribution in [0.2, 0.25) is 0 Å². The summed E-state index contributed by atoms with van der Waals surface area (Å²) in [6.45, 7) is 3.33. The molecule has 1 amide bonds. The Balaban J connectivity index is 1.73. The molecule has 0 spiro atoms. The van der Waals surface area contributed by atoms with Crippen LogP contribution in [0.15, 0.2) is 48.5 Å². The predicted octanol–water partition coefficient (Wildman–Crippen LogP) is 3.41. The third-order valence-electron chi connectivity index (χ3n) is 4.17. The first-order valence-electron chi connectivity index (χ1n) is 9.68. The van der Waals surface area contributed by atoms with Crippen LogP contribution >= 0.6 is 11.3 Å². The molecule has 1 aromatic heterocycles. The number of aromatic nitrogens is 2. The molecule has 0 radical (unpaired) electrons. The average Bonchev–Trinajstić information content (AvgIpc) is 3.19. The number of anilines is 2. The number of hydrogen-bond donors (Lipinski definition) is 1. The predicted molar refractivity (Wildman–Crippen MR) is 125 cm³/mol. The molecule has 3 aromatic rings. The van der Waals surface area contributed by atoms with Crippen LogP contribution in [-0.2, 0) is 14.8 Å². The van der Waals surface area contributed by atoms with E-state index in [1.54, 1.807) is 43.5 Å². The van der Waals surface area contributed by atoms with E-state index in [9.17, 15) is 13.2 Å². The van der Waals surface area contributed by atoms with Gasteiger partial charge in [-0.25, -0.2) is 8.42 Å². The van der Waals surface area contributed by atoms with E-state index in [2.05, 4.69) is 15.5 Å². The fourth-order valence-electron chi connectivity index (χ4n) is 2.80. The molecule has 0 fully saturated rings. The summed E-state index contributed by atoms with van der Waals surface area (Å²) in [5.41, 5.74) is 1.15. The van der Waals surface area contributed by atoms with E-state index in [1.165, 1.54) is 11.3 Å². The Hall–Kier alpha value is -3.18. The average molecular weight is 477 g/mol. The Kier molecular flexibility index (Phi) is 7.31. The maximum Gasteiger partial charge on any atom is 0.246 e. The number of hydrogen-bond acceptors (Lipinski definition) is 8. The highest BCUT2D eigenvalue weighted by Crippen LogP contribution is 2.28. The molecule has 0 aliphatic carbocycles. The van der Waals surface area contributed by atoms with Crippen LogP contribution in [-0.4, -0.2) is 50.5 Å². The molecule has 32 heavy (non-hydrogen) atoms. The van der Waals surface area contributed by atoms with Crippen LogP contribution in [0.4, 0.5) is 10.8 Å². The first-order chi connectivity index (χ1) is 15.2. The fraction of sp³-hybridized carbons (Fsp3) is 0.286. The lowest BCUT2D eigenvalue weighted by atomic mass is 10.2. The molecule has 170 valence electrons. The van der Waals surface area contributed by atoms with Crippen LogP contribution < -0.4 is 19.1 Å². The summed E-state index contributed by atoms with van der Waals surface area (Å²) in [6, 6.07) is 13.9. The number of ether oxygens (including phenoxy) is 2. The molecular formula is C21H24N4O5S2. The van der Waals surface area contributed by atoms with Gasteiger partial charge in [-0.05, 0) is 50.2 Å². The van der Waals surface area contributed by atoms with Gasteiger partial charge in [0.05, 0.1) is 25.2 Å². The maximum absolute atomic E-state index is 12.6. The Labute approximate surface area is 191 Å². The monoisotopic (exact) mass is 476 g/mol. The first kappa shape index (κ1) is 23.5. The van der Waals surface area contributed by atoms with Crippen molar-refractivity contribution in [1.82, 2.24) is 10.2 Å². The lowest BCUT2D eigenvalue weighted by molar-refractivity contribution is -0.114. The SMILES string of the molecule is COc1ccc(-c2nnc(NC(=O)CN(c3cccc(OC(C)C)c3)S(C)(=O)=O)s2)cc1. The zero-order valence-electron chi connectivity index (χ0n) is 18.1. The highest BCUT2D eigenvalue weighted by atomic mass is 32.2. The largest absolute Gasteiger partial charge is 0.497 e. The number of carbonyl (C=O) groups excluding carboxylic acids is 1. The molecule has 0 bridgehead atoms. The van der Waals surface area contributed by atoms with E-state index < -0.39 is 22.5 Å². The number of amides is 1. The van der Waals surface area contributed by atoms with Crippen LogP contribution in [0, 0.1) is 0 Å². The Morgan fingerprint density at radius 2 is 1.84 bits per heavy atom. The standard InChI is InChI=1S/C21H24N4O5S2/c1-14(2)30-18-7-5-6-16(12-18)25(32(4,27)28)13-19(26)22-21-24-23-20(31-21)15-8-10-17(29-3)11-9-15/h5-12,14H,13H2,1-4H3,(H,22,24,26). The molecule has 1 heterocycles. The normalized spacial score (nSPS) is 11.3. The molecule has 11 heteroatoms. The second-order valence-corrected chi connectivity index (χ2v) is 10.0. The topological polar surface area (TPSA) is 111 Å². The van der Waals surface area contributed by atoms with Crippen LogP contribution in [0.3, 0.4) is 0 Å². The van der Waals surface area contributed by atoms with Crippen molar-refractivity contribution >= 4 is 38.1 Å². The van der Waals surface area contributed by atoms with Crippen LogP contribution in [0.1, 0.15) is 13.8 Å². The minimum Gasteiger partial charge on any atom is -0.497 e. The van der Waals surface area contributed by atoms with Crippen molar-refractivity contribution in [2.24, 2.45) is 0 Å². The number of rotatable bonds is 9. The molecule has 0 aliphatic rings. The van der Waals surface area contributed by atoms with E-state index >= 15 is 0 Å². The molecule has 0 saturated heterocycles. The zero-order valence-corrected chi connectivity index (χ0v) is 19.7. The quantitative estimate of drug-likeness (QED) is 0.504. The summed E-state index contributed by atoms with van der Waals surface area (Å²) in [4.78, 5) is 12.6. The number of nitrogens with zero attached hydrogens (tertiary/aromatic N) is 3. The number of carbonyl (C=O) groups is 1. The van der Waals surface area contributed by atoms with E-state index in [0.717, 1.165) is 21.9 Å². The molecule has 9 nitrogen and oxygen atoms in total. The van der Waals surface area contributed by atoms with Gasteiger partial charge < -0.3 is 9.47 Å². The van der Waals surface area contributed by atoms with Gasteiger partial charge in [-0.15, -0.1) is 10.2 Å². The van der Waals surface area contributed by atoms with E-state index in [4.69, 9.17) is 9.47 Å². The highest BCUT2D eigenvalue weighted by Gasteiger charge is 2.22. The van der Waals surface area contributed by atoms with Gasteiger partial charge in [-0.1, -0.05) is 17.4 Å². The maximum atomic E-state index is 12.6. The minimum atomic E-state index is -3.72. The Morgan fingerprint density at radius 3 is 2.47 bits per heavy atom. The lowest BCUT2D eigenvalue weighted by Gasteiger charge is -2.22. The third-order valence-corrected chi connectivity index (χ3v) is 6.20. The van der Waals surface area contributed by atoms with Gasteiger partial charge in [0.2, 0.25) is 21.1 Å². The van der Waals surface area contributed by atoms with Crippen molar-refractivity contribution in [3.63, 3.8) is 0 Å². The van der Waals surface area contributed by atoms with E-state index in [-0.39, 0.29) is 11.2 Å². The molecule has 2 aromatic carbocycles. The summed E-state index contributed by atoms with van der Waals surface area (Å²) in [5.74, 6) is 0.693. The molecule has 0 aliphatic heterocycles. The summed E-state index contributed by atoms with van der Waals surface area (Å²) in [7, 11) is -2.14. The number of benzene rings is 2. The van der Waals surface area contributed by atoms with Gasteiger partial charge in [0, 0.05) is 11.6 Å². The van der Waals surface area contributed by atoms with Crippen molar-refractivity contribution in [2.75, 3.05) is 29.5 Å². The Bertz CT molecular complexity index is 1180. The van der Waals surface area contributed by atoms with Crippen molar-refractivity contribution in [3.8, 4) is 22.1 Å². The second kappa shape index (κ2) is 9.96. The Morgan fingerprint density at radius 1 is 1.12 bits per heavy atom.